The first-order valence-corrected chi connectivity index (χ1v) is 8.43. The van der Waals surface area contributed by atoms with E-state index >= 15 is 0 Å². The zero-order valence-electron chi connectivity index (χ0n) is 15.0. The second kappa shape index (κ2) is 9.07. The fourth-order valence-corrected chi connectivity index (χ4v) is 3.08. The molecule has 1 aliphatic rings. The van der Waals surface area contributed by atoms with Crippen molar-refractivity contribution < 1.29 is 27.4 Å². The van der Waals surface area contributed by atoms with E-state index in [9.17, 15) is 18.0 Å². The summed E-state index contributed by atoms with van der Waals surface area (Å²) in [5, 5.41) is 3.58. The Bertz CT molecular complexity index is 680. The zero-order valence-corrected chi connectivity index (χ0v) is 15.0. The maximum absolute atomic E-state index is 13.1. The molecule has 2 rings (SSSR count). The summed E-state index contributed by atoms with van der Waals surface area (Å²) in [6.07, 6.45) is -5.80. The van der Waals surface area contributed by atoms with Gasteiger partial charge in [0.2, 0.25) is 0 Å². The molecule has 1 aliphatic heterocycles. The van der Waals surface area contributed by atoms with Crippen molar-refractivity contribution in [2.24, 2.45) is 5.11 Å². The summed E-state index contributed by atoms with van der Waals surface area (Å²) >= 11 is 0. The van der Waals surface area contributed by atoms with Crippen molar-refractivity contribution in [1.82, 2.24) is 4.90 Å². The first-order valence-electron chi connectivity index (χ1n) is 8.43. The molecule has 0 saturated carbocycles. The van der Waals surface area contributed by atoms with E-state index in [2.05, 4.69) is 10.0 Å². The predicted molar refractivity (Wildman–Crippen MR) is 90.5 cm³/mol. The molecule has 0 bridgehead atoms. The number of rotatable bonds is 6. The van der Waals surface area contributed by atoms with Crippen molar-refractivity contribution >= 4 is 5.91 Å². The van der Waals surface area contributed by atoms with Crippen molar-refractivity contribution in [3.63, 3.8) is 0 Å². The van der Waals surface area contributed by atoms with Gasteiger partial charge in [-0.2, -0.15) is 13.2 Å². The lowest BCUT2D eigenvalue weighted by atomic mass is 10.0. The van der Waals surface area contributed by atoms with Gasteiger partial charge in [0.15, 0.2) is 6.29 Å². The van der Waals surface area contributed by atoms with Crippen LogP contribution in [0.1, 0.15) is 31.4 Å². The first kappa shape index (κ1) is 21.0. The van der Waals surface area contributed by atoms with Gasteiger partial charge in [-0.05, 0) is 30.9 Å². The van der Waals surface area contributed by atoms with Gasteiger partial charge in [-0.3, -0.25) is 4.79 Å². The Morgan fingerprint density at radius 3 is 2.63 bits per heavy atom. The maximum Gasteiger partial charge on any atom is 0.471 e. The number of ether oxygens (including phenoxy) is 2. The van der Waals surface area contributed by atoms with Crippen molar-refractivity contribution in [3.05, 3.63) is 46.3 Å². The van der Waals surface area contributed by atoms with Crippen molar-refractivity contribution in [2.75, 3.05) is 13.7 Å². The molecule has 1 heterocycles. The SMILES string of the molecule is CO[C@@H]1O[C@@H](CN(C(=O)C(F)(F)F)[C@@H](C)c2ccccc2)CC[C@@H]1N=[N+]=[N-]. The molecule has 0 N–H and O–H groups in total. The molecule has 27 heavy (non-hydrogen) atoms. The quantitative estimate of drug-likeness (QED) is 0.421. The molecule has 1 saturated heterocycles. The summed E-state index contributed by atoms with van der Waals surface area (Å²) < 4.78 is 50.1. The molecule has 4 atom stereocenters. The number of amides is 1. The fourth-order valence-electron chi connectivity index (χ4n) is 3.08. The predicted octanol–water partition coefficient (Wildman–Crippen LogP) is 3.97. The van der Waals surface area contributed by atoms with Crippen LogP contribution < -0.4 is 0 Å². The van der Waals surface area contributed by atoms with Gasteiger partial charge in [-0.15, -0.1) is 0 Å². The number of halogens is 3. The van der Waals surface area contributed by atoms with Crippen LogP contribution in [0.15, 0.2) is 35.4 Å². The molecule has 0 aliphatic carbocycles. The van der Waals surface area contributed by atoms with E-state index in [4.69, 9.17) is 15.0 Å². The number of hydrogen-bond acceptors (Lipinski definition) is 4. The highest BCUT2D eigenvalue weighted by atomic mass is 19.4. The van der Waals surface area contributed by atoms with Crippen LogP contribution >= 0.6 is 0 Å². The summed E-state index contributed by atoms with van der Waals surface area (Å²) in [7, 11) is 1.36. The Morgan fingerprint density at radius 2 is 2.07 bits per heavy atom. The zero-order chi connectivity index (χ0) is 20.0. The first-order chi connectivity index (χ1) is 12.8. The van der Waals surface area contributed by atoms with Gasteiger partial charge in [0.1, 0.15) is 0 Å². The van der Waals surface area contributed by atoms with Crippen LogP contribution in [0.25, 0.3) is 10.4 Å². The van der Waals surface area contributed by atoms with Crippen molar-refractivity contribution in [3.8, 4) is 0 Å². The van der Waals surface area contributed by atoms with Gasteiger partial charge in [-0.25, -0.2) is 0 Å². The number of azide groups is 1. The van der Waals surface area contributed by atoms with Crippen LogP contribution in [0.2, 0.25) is 0 Å². The lowest BCUT2D eigenvalue weighted by Crippen LogP contribution is -2.49. The monoisotopic (exact) mass is 386 g/mol. The Hall–Kier alpha value is -2.29. The minimum absolute atomic E-state index is 0.253. The van der Waals surface area contributed by atoms with Crippen LogP contribution in [0.3, 0.4) is 0 Å². The molecule has 0 radical (unpaired) electrons. The Labute approximate surface area is 154 Å². The third-order valence-corrected chi connectivity index (χ3v) is 4.51. The molecule has 7 nitrogen and oxygen atoms in total. The molecule has 0 spiro atoms. The molecule has 0 unspecified atom stereocenters. The number of alkyl halides is 3. The van der Waals surface area contributed by atoms with E-state index in [-0.39, 0.29) is 6.54 Å². The van der Waals surface area contributed by atoms with Crippen LogP contribution in [0.4, 0.5) is 13.2 Å². The Balaban J connectivity index is 2.19. The molecule has 1 amide bonds. The number of carbonyl (C=O) groups excluding carboxylic acids is 1. The standard InChI is InChI=1S/C17H21F3N4O3/c1-11(12-6-4-3-5-7-12)24(16(25)17(18,19)20)10-13-8-9-14(22-23-21)15(26-2)27-13/h3-7,11,13-15H,8-10H2,1-2H3/t11-,13+,14-,15+/m0/s1. The number of nitrogens with zero attached hydrogens (tertiary/aromatic N) is 4. The summed E-state index contributed by atoms with van der Waals surface area (Å²) in [5.41, 5.74) is 9.16. The molecular formula is C17H21F3N4O3. The number of carbonyl (C=O) groups is 1. The summed E-state index contributed by atoms with van der Waals surface area (Å²) in [6.45, 7) is 1.29. The second-order valence-corrected chi connectivity index (χ2v) is 6.25. The molecular weight excluding hydrogens is 365 g/mol. The molecule has 1 aromatic carbocycles. The second-order valence-electron chi connectivity index (χ2n) is 6.25. The molecule has 1 fully saturated rings. The van der Waals surface area contributed by atoms with Gasteiger partial charge in [-0.1, -0.05) is 35.4 Å². The van der Waals surface area contributed by atoms with Crippen LogP contribution in [0.5, 0.6) is 0 Å². The summed E-state index contributed by atoms with van der Waals surface area (Å²) in [5.74, 6) is -1.92. The highest BCUT2D eigenvalue weighted by molar-refractivity contribution is 5.82. The largest absolute Gasteiger partial charge is 0.471 e. The normalized spacial score (nSPS) is 24.0. The minimum Gasteiger partial charge on any atom is -0.355 e. The van der Waals surface area contributed by atoms with Crippen LogP contribution in [-0.4, -0.2) is 49.1 Å². The fraction of sp³-hybridized carbons (Fsp3) is 0.588. The number of hydrogen-bond donors (Lipinski definition) is 0. The van der Waals surface area contributed by atoms with E-state index < -0.39 is 36.6 Å². The average Bonchev–Trinajstić information content (AvgIpc) is 2.66. The smallest absolute Gasteiger partial charge is 0.355 e. The lowest BCUT2D eigenvalue weighted by molar-refractivity contribution is -0.206. The van der Waals surface area contributed by atoms with Gasteiger partial charge in [0.25, 0.3) is 0 Å². The van der Waals surface area contributed by atoms with Crippen LogP contribution in [0, 0.1) is 0 Å². The van der Waals surface area contributed by atoms with Gasteiger partial charge >= 0.3 is 12.1 Å². The van der Waals surface area contributed by atoms with Crippen molar-refractivity contribution in [2.45, 2.75) is 50.4 Å². The van der Waals surface area contributed by atoms with E-state index in [0.717, 1.165) is 4.90 Å². The Morgan fingerprint density at radius 1 is 1.41 bits per heavy atom. The lowest BCUT2D eigenvalue weighted by Gasteiger charge is -2.38. The topological polar surface area (TPSA) is 87.5 Å². The number of methoxy groups -OCH3 is 1. The average molecular weight is 386 g/mol. The molecule has 1 aromatic rings. The van der Waals surface area contributed by atoms with E-state index in [0.29, 0.717) is 18.4 Å². The molecule has 148 valence electrons. The maximum atomic E-state index is 13.1. The van der Waals surface area contributed by atoms with E-state index in [1.54, 1.807) is 37.3 Å². The van der Waals surface area contributed by atoms with Crippen molar-refractivity contribution in [1.29, 1.82) is 0 Å². The summed E-state index contributed by atoms with van der Waals surface area (Å²) in [6, 6.07) is 7.12. The van der Waals surface area contributed by atoms with E-state index in [1.807, 2.05) is 0 Å². The van der Waals surface area contributed by atoms with Gasteiger partial charge in [0, 0.05) is 18.6 Å². The number of benzene rings is 1. The highest BCUT2D eigenvalue weighted by Crippen LogP contribution is 2.30. The Kier molecular flexibility index (Phi) is 7.06. The third-order valence-electron chi connectivity index (χ3n) is 4.51. The van der Waals surface area contributed by atoms with Gasteiger partial charge in [0.05, 0.1) is 18.2 Å². The van der Waals surface area contributed by atoms with Gasteiger partial charge < -0.3 is 14.4 Å². The summed E-state index contributed by atoms with van der Waals surface area (Å²) in [4.78, 5) is 15.5. The van der Waals surface area contributed by atoms with E-state index in [1.165, 1.54) is 7.11 Å². The highest BCUT2D eigenvalue weighted by Gasteiger charge is 2.45. The molecule has 0 aromatic heterocycles. The third kappa shape index (κ3) is 5.35. The molecule has 10 heteroatoms. The minimum atomic E-state index is -4.99. The van der Waals surface area contributed by atoms with Crippen LogP contribution in [-0.2, 0) is 14.3 Å².